The average Bonchev–Trinajstić information content (AvgIpc) is 2.70. The van der Waals surface area contributed by atoms with Crippen molar-refractivity contribution in [3.8, 4) is 11.3 Å². The molecule has 0 atom stereocenters. The first kappa shape index (κ1) is 12.1. The van der Waals surface area contributed by atoms with Crippen LogP contribution < -0.4 is 5.73 Å². The molecule has 0 radical (unpaired) electrons. The van der Waals surface area contributed by atoms with Crippen molar-refractivity contribution in [2.75, 3.05) is 5.73 Å². The summed E-state index contributed by atoms with van der Waals surface area (Å²) in [6.07, 6.45) is 0.696. The van der Waals surface area contributed by atoms with Crippen molar-refractivity contribution in [3.05, 3.63) is 39.4 Å². The van der Waals surface area contributed by atoms with Crippen LogP contribution in [-0.2, 0) is 6.42 Å². The highest BCUT2D eigenvalue weighted by Gasteiger charge is 2.17. The van der Waals surface area contributed by atoms with Gasteiger partial charge in [0.05, 0.1) is 4.92 Å². The van der Waals surface area contributed by atoms with Crippen LogP contribution in [0, 0.1) is 17.0 Å². The largest absolute Gasteiger partial charge is 0.367 e. The van der Waals surface area contributed by atoms with Crippen LogP contribution in [-0.4, -0.2) is 10.1 Å². The van der Waals surface area contributed by atoms with Gasteiger partial charge in [0.1, 0.15) is 5.69 Å². The van der Waals surface area contributed by atoms with E-state index in [2.05, 4.69) is 5.16 Å². The fourth-order valence-electron chi connectivity index (χ4n) is 1.90. The van der Waals surface area contributed by atoms with Gasteiger partial charge in [0.2, 0.25) is 5.88 Å². The first-order valence-corrected chi connectivity index (χ1v) is 5.54. The number of nitrogen functional groups attached to an aromatic ring is 1. The monoisotopic (exact) mass is 247 g/mol. The second kappa shape index (κ2) is 4.48. The second-order valence-corrected chi connectivity index (χ2v) is 3.98. The maximum Gasteiger partial charge on any atom is 0.269 e. The summed E-state index contributed by atoms with van der Waals surface area (Å²) in [5, 5.41) is 14.6. The zero-order valence-corrected chi connectivity index (χ0v) is 10.1. The van der Waals surface area contributed by atoms with Crippen LogP contribution in [0.2, 0.25) is 0 Å². The topological polar surface area (TPSA) is 95.2 Å². The number of nitrogens with two attached hydrogens (primary N) is 1. The Morgan fingerprint density at radius 3 is 2.78 bits per heavy atom. The van der Waals surface area contributed by atoms with Crippen molar-refractivity contribution in [2.24, 2.45) is 0 Å². The lowest BCUT2D eigenvalue weighted by Gasteiger charge is -2.03. The Morgan fingerprint density at radius 2 is 2.22 bits per heavy atom. The van der Waals surface area contributed by atoms with E-state index in [4.69, 9.17) is 10.3 Å². The minimum Gasteiger partial charge on any atom is -0.367 e. The van der Waals surface area contributed by atoms with Gasteiger partial charge in [-0.15, -0.1) is 0 Å². The predicted molar refractivity (Wildman–Crippen MR) is 67.1 cm³/mol. The van der Waals surface area contributed by atoms with E-state index in [-0.39, 0.29) is 5.69 Å². The van der Waals surface area contributed by atoms with E-state index in [1.165, 1.54) is 12.1 Å². The lowest BCUT2D eigenvalue weighted by Crippen LogP contribution is -1.93. The van der Waals surface area contributed by atoms with E-state index in [1.807, 2.05) is 6.92 Å². The van der Waals surface area contributed by atoms with Crippen molar-refractivity contribution in [1.29, 1.82) is 0 Å². The molecule has 1 aromatic carbocycles. The van der Waals surface area contributed by atoms with E-state index < -0.39 is 4.92 Å². The third-order valence-electron chi connectivity index (χ3n) is 2.85. The number of nitrogens with zero attached hydrogens (tertiary/aromatic N) is 2. The summed E-state index contributed by atoms with van der Waals surface area (Å²) in [7, 11) is 0. The molecular formula is C12H13N3O3. The molecular weight excluding hydrogens is 234 g/mol. The molecule has 0 aliphatic heterocycles. The first-order valence-electron chi connectivity index (χ1n) is 5.54. The lowest BCUT2D eigenvalue weighted by molar-refractivity contribution is -0.384. The highest BCUT2D eigenvalue weighted by atomic mass is 16.6. The maximum absolute atomic E-state index is 10.7. The Balaban J connectivity index is 2.54. The standard InChI is InChI=1S/C12H13N3O3/c1-3-9-11(14-18-12(9)13)10-5-4-8(15(16)17)6-7(10)2/h4-6H,3,13H2,1-2H3. The Morgan fingerprint density at radius 1 is 1.50 bits per heavy atom. The van der Waals surface area contributed by atoms with Crippen LogP contribution in [0.5, 0.6) is 0 Å². The van der Waals surface area contributed by atoms with Gasteiger partial charge < -0.3 is 10.3 Å². The van der Waals surface area contributed by atoms with Gasteiger partial charge in [0.25, 0.3) is 5.69 Å². The molecule has 2 N–H and O–H groups in total. The number of aromatic nitrogens is 1. The van der Waals surface area contributed by atoms with Crippen molar-refractivity contribution in [2.45, 2.75) is 20.3 Å². The smallest absolute Gasteiger partial charge is 0.269 e. The first-order chi connectivity index (χ1) is 8.54. The Hall–Kier alpha value is -2.37. The molecule has 6 heteroatoms. The minimum absolute atomic E-state index is 0.0609. The summed E-state index contributed by atoms with van der Waals surface area (Å²) in [6, 6.07) is 4.64. The molecule has 2 rings (SSSR count). The third kappa shape index (κ3) is 1.92. The van der Waals surface area contributed by atoms with Gasteiger partial charge in [-0.2, -0.15) is 0 Å². The van der Waals surface area contributed by atoms with E-state index in [9.17, 15) is 10.1 Å². The quantitative estimate of drug-likeness (QED) is 0.664. The summed E-state index contributed by atoms with van der Waals surface area (Å²) in [6.45, 7) is 3.75. The number of rotatable bonds is 3. The number of aryl methyl sites for hydroxylation is 1. The van der Waals surface area contributed by atoms with Crippen molar-refractivity contribution in [3.63, 3.8) is 0 Å². The fraction of sp³-hybridized carbons (Fsp3) is 0.250. The van der Waals surface area contributed by atoms with Gasteiger partial charge >= 0.3 is 0 Å². The van der Waals surface area contributed by atoms with Crippen molar-refractivity contribution in [1.82, 2.24) is 5.16 Å². The van der Waals surface area contributed by atoms with Crippen LogP contribution in [0.4, 0.5) is 11.6 Å². The molecule has 0 aliphatic rings. The van der Waals surface area contributed by atoms with Crippen LogP contribution in [0.1, 0.15) is 18.1 Å². The molecule has 0 aliphatic carbocycles. The summed E-state index contributed by atoms with van der Waals surface area (Å²) in [4.78, 5) is 10.3. The zero-order chi connectivity index (χ0) is 13.3. The molecule has 0 amide bonds. The molecule has 94 valence electrons. The predicted octanol–water partition coefficient (Wildman–Crippen LogP) is 2.70. The van der Waals surface area contributed by atoms with E-state index in [0.29, 0.717) is 18.0 Å². The number of nitro groups is 1. The molecule has 0 saturated carbocycles. The normalized spacial score (nSPS) is 10.6. The van der Waals surface area contributed by atoms with Gasteiger partial charge in [-0.1, -0.05) is 12.1 Å². The second-order valence-electron chi connectivity index (χ2n) is 3.98. The molecule has 0 fully saturated rings. The summed E-state index contributed by atoms with van der Waals surface area (Å²) in [5.41, 5.74) is 8.80. The van der Waals surface area contributed by atoms with Crippen LogP contribution >= 0.6 is 0 Å². The number of benzene rings is 1. The van der Waals surface area contributed by atoms with Crippen LogP contribution in [0.25, 0.3) is 11.3 Å². The number of hydrogen-bond donors (Lipinski definition) is 1. The number of nitro benzene ring substituents is 1. The Kier molecular flexibility index (Phi) is 3.01. The highest BCUT2D eigenvalue weighted by Crippen LogP contribution is 2.31. The maximum atomic E-state index is 10.7. The van der Waals surface area contributed by atoms with E-state index in [1.54, 1.807) is 13.0 Å². The minimum atomic E-state index is -0.422. The number of hydrogen-bond acceptors (Lipinski definition) is 5. The van der Waals surface area contributed by atoms with E-state index in [0.717, 1.165) is 16.7 Å². The average molecular weight is 247 g/mol. The van der Waals surface area contributed by atoms with Gasteiger partial charge in [-0.3, -0.25) is 10.1 Å². The summed E-state index contributed by atoms with van der Waals surface area (Å²) < 4.78 is 4.97. The molecule has 1 aromatic heterocycles. The van der Waals surface area contributed by atoms with Gasteiger partial charge in [-0.25, -0.2) is 0 Å². The highest BCUT2D eigenvalue weighted by molar-refractivity contribution is 5.71. The molecule has 1 heterocycles. The Labute approximate surface area is 104 Å². The van der Waals surface area contributed by atoms with E-state index >= 15 is 0 Å². The third-order valence-corrected chi connectivity index (χ3v) is 2.85. The lowest BCUT2D eigenvalue weighted by atomic mass is 10.0. The van der Waals surface area contributed by atoms with Crippen LogP contribution in [0.15, 0.2) is 22.7 Å². The van der Waals surface area contributed by atoms with Gasteiger partial charge in [-0.05, 0) is 25.0 Å². The molecule has 0 spiro atoms. The van der Waals surface area contributed by atoms with Gasteiger partial charge in [0, 0.05) is 23.3 Å². The van der Waals surface area contributed by atoms with Crippen molar-refractivity contribution < 1.29 is 9.45 Å². The van der Waals surface area contributed by atoms with Gasteiger partial charge in [0.15, 0.2) is 0 Å². The fourth-order valence-corrected chi connectivity index (χ4v) is 1.90. The molecule has 0 unspecified atom stereocenters. The molecule has 0 bridgehead atoms. The molecule has 0 saturated heterocycles. The SMILES string of the molecule is CCc1c(-c2ccc([N+](=O)[O-])cc2C)noc1N. The summed E-state index contributed by atoms with van der Waals surface area (Å²) in [5.74, 6) is 0.297. The molecule has 2 aromatic rings. The number of anilines is 1. The zero-order valence-electron chi connectivity index (χ0n) is 10.1. The molecule has 6 nitrogen and oxygen atoms in total. The van der Waals surface area contributed by atoms with Crippen molar-refractivity contribution >= 4 is 11.6 Å². The number of non-ortho nitro benzene ring substituents is 1. The molecule has 18 heavy (non-hydrogen) atoms. The van der Waals surface area contributed by atoms with Crippen LogP contribution in [0.3, 0.4) is 0 Å². The Bertz CT molecular complexity index is 605. The summed E-state index contributed by atoms with van der Waals surface area (Å²) >= 11 is 0.